The third-order valence-electron chi connectivity index (χ3n) is 1.85. The van der Waals surface area contributed by atoms with E-state index in [-0.39, 0.29) is 5.97 Å². The van der Waals surface area contributed by atoms with Gasteiger partial charge in [0.15, 0.2) is 0 Å². The average Bonchev–Trinajstić information content (AvgIpc) is 2.62. The summed E-state index contributed by atoms with van der Waals surface area (Å²) in [7, 11) is 1.33. The SMILES string of the molecule is COC(=O)C(C)n1cccc1C#N. The van der Waals surface area contributed by atoms with Crippen LogP contribution < -0.4 is 0 Å². The van der Waals surface area contributed by atoms with E-state index in [1.807, 2.05) is 6.07 Å². The molecule has 4 heteroatoms. The highest BCUT2D eigenvalue weighted by Crippen LogP contribution is 2.11. The number of aromatic nitrogens is 1. The van der Waals surface area contributed by atoms with Crippen LogP contribution in [0.1, 0.15) is 18.7 Å². The lowest BCUT2D eigenvalue weighted by Crippen LogP contribution is -2.18. The molecule has 68 valence electrons. The molecule has 0 N–H and O–H groups in total. The summed E-state index contributed by atoms with van der Waals surface area (Å²) in [5, 5.41) is 8.69. The van der Waals surface area contributed by atoms with Crippen molar-refractivity contribution in [2.45, 2.75) is 13.0 Å². The van der Waals surface area contributed by atoms with Crippen molar-refractivity contribution >= 4 is 5.97 Å². The van der Waals surface area contributed by atoms with Crippen LogP contribution in [0.25, 0.3) is 0 Å². The van der Waals surface area contributed by atoms with Gasteiger partial charge in [-0.05, 0) is 19.1 Å². The summed E-state index contributed by atoms with van der Waals surface area (Å²) >= 11 is 0. The predicted molar refractivity (Wildman–Crippen MR) is 45.9 cm³/mol. The molecule has 13 heavy (non-hydrogen) atoms. The highest BCUT2D eigenvalue weighted by Gasteiger charge is 2.16. The molecule has 1 heterocycles. The summed E-state index contributed by atoms with van der Waals surface area (Å²) in [6.45, 7) is 1.69. The van der Waals surface area contributed by atoms with Gasteiger partial charge in [-0.25, -0.2) is 4.79 Å². The van der Waals surface area contributed by atoms with E-state index < -0.39 is 6.04 Å². The first-order valence-corrected chi connectivity index (χ1v) is 3.85. The van der Waals surface area contributed by atoms with Crippen LogP contribution in [0.4, 0.5) is 0 Å². The fourth-order valence-corrected chi connectivity index (χ4v) is 1.11. The van der Waals surface area contributed by atoms with E-state index in [0.29, 0.717) is 5.69 Å². The zero-order valence-electron chi connectivity index (χ0n) is 7.52. The molecule has 0 aliphatic heterocycles. The van der Waals surface area contributed by atoms with Crippen LogP contribution in [0.15, 0.2) is 18.3 Å². The smallest absolute Gasteiger partial charge is 0.328 e. The van der Waals surface area contributed by atoms with Crippen LogP contribution >= 0.6 is 0 Å². The maximum atomic E-state index is 11.1. The van der Waals surface area contributed by atoms with Crippen LogP contribution in [0, 0.1) is 11.3 Å². The van der Waals surface area contributed by atoms with Gasteiger partial charge < -0.3 is 9.30 Å². The largest absolute Gasteiger partial charge is 0.467 e. The van der Waals surface area contributed by atoms with E-state index in [2.05, 4.69) is 4.74 Å². The monoisotopic (exact) mass is 178 g/mol. The molecule has 1 unspecified atom stereocenters. The molecule has 0 bridgehead atoms. The van der Waals surface area contributed by atoms with Crippen LogP contribution in [-0.2, 0) is 9.53 Å². The number of carbonyl (C=O) groups is 1. The molecule has 1 rings (SSSR count). The summed E-state index contributed by atoms with van der Waals surface area (Å²) in [6, 6.07) is 4.91. The summed E-state index contributed by atoms with van der Waals surface area (Å²) in [5.74, 6) is -0.354. The Hall–Kier alpha value is -1.76. The highest BCUT2D eigenvalue weighted by atomic mass is 16.5. The van der Waals surface area contributed by atoms with Crippen LogP contribution in [0.2, 0.25) is 0 Å². The number of ether oxygens (including phenoxy) is 1. The standard InChI is InChI=1S/C9H10N2O2/c1-7(9(12)13-2)11-5-3-4-8(11)6-10/h3-5,7H,1-2H3. The lowest BCUT2D eigenvalue weighted by atomic mass is 10.3. The molecule has 0 fully saturated rings. The van der Waals surface area contributed by atoms with Gasteiger partial charge in [0.25, 0.3) is 0 Å². The third-order valence-corrected chi connectivity index (χ3v) is 1.85. The van der Waals surface area contributed by atoms with Crippen molar-refractivity contribution in [1.82, 2.24) is 4.57 Å². The van der Waals surface area contributed by atoms with Crippen molar-refractivity contribution in [3.63, 3.8) is 0 Å². The number of methoxy groups -OCH3 is 1. The summed E-state index contributed by atoms with van der Waals surface area (Å²) in [5.41, 5.74) is 0.456. The van der Waals surface area contributed by atoms with Gasteiger partial charge in [0.1, 0.15) is 17.8 Å². The van der Waals surface area contributed by atoms with Gasteiger partial charge in [0.05, 0.1) is 7.11 Å². The van der Waals surface area contributed by atoms with Gasteiger partial charge in [-0.2, -0.15) is 5.26 Å². The maximum Gasteiger partial charge on any atom is 0.328 e. The van der Waals surface area contributed by atoms with Crippen molar-refractivity contribution in [3.05, 3.63) is 24.0 Å². The van der Waals surface area contributed by atoms with Gasteiger partial charge in [0.2, 0.25) is 0 Å². The Morgan fingerprint density at radius 3 is 3.00 bits per heavy atom. The zero-order chi connectivity index (χ0) is 9.84. The quantitative estimate of drug-likeness (QED) is 0.637. The Kier molecular flexibility index (Phi) is 2.70. The molecule has 0 amide bonds. The van der Waals surface area contributed by atoms with Gasteiger partial charge in [-0.1, -0.05) is 0 Å². The second-order valence-corrected chi connectivity index (χ2v) is 2.61. The van der Waals surface area contributed by atoms with E-state index >= 15 is 0 Å². The van der Waals surface area contributed by atoms with Gasteiger partial charge in [-0.3, -0.25) is 0 Å². The number of esters is 1. The van der Waals surface area contributed by atoms with Crippen LogP contribution in [0.5, 0.6) is 0 Å². The second kappa shape index (κ2) is 3.76. The Balaban J connectivity index is 2.95. The fourth-order valence-electron chi connectivity index (χ4n) is 1.11. The number of nitrogens with zero attached hydrogens (tertiary/aromatic N) is 2. The number of carbonyl (C=O) groups excluding carboxylic acids is 1. The summed E-state index contributed by atoms with van der Waals surface area (Å²) < 4.78 is 6.14. The Bertz CT molecular complexity index is 349. The molecule has 0 saturated heterocycles. The molecule has 0 radical (unpaired) electrons. The van der Waals surface area contributed by atoms with E-state index in [4.69, 9.17) is 5.26 Å². The molecule has 1 aromatic rings. The van der Waals surface area contributed by atoms with Gasteiger partial charge in [0, 0.05) is 6.20 Å². The van der Waals surface area contributed by atoms with Crippen molar-refractivity contribution in [1.29, 1.82) is 5.26 Å². The lowest BCUT2D eigenvalue weighted by molar-refractivity contribution is -0.144. The predicted octanol–water partition coefficient (Wildman–Crippen LogP) is 1.09. The number of rotatable bonds is 2. The Morgan fingerprint density at radius 2 is 2.46 bits per heavy atom. The number of hydrogen-bond donors (Lipinski definition) is 0. The summed E-state index contributed by atoms with van der Waals surface area (Å²) in [4.78, 5) is 11.1. The van der Waals surface area contributed by atoms with Crippen molar-refractivity contribution in [2.75, 3.05) is 7.11 Å². The highest BCUT2D eigenvalue weighted by molar-refractivity contribution is 5.73. The minimum atomic E-state index is -0.449. The molecular weight excluding hydrogens is 168 g/mol. The lowest BCUT2D eigenvalue weighted by Gasteiger charge is -2.11. The van der Waals surface area contributed by atoms with E-state index in [0.717, 1.165) is 0 Å². The zero-order valence-corrected chi connectivity index (χ0v) is 7.52. The molecule has 1 atom stereocenters. The first-order valence-electron chi connectivity index (χ1n) is 3.85. The molecule has 4 nitrogen and oxygen atoms in total. The normalized spacial score (nSPS) is 11.8. The van der Waals surface area contributed by atoms with Crippen molar-refractivity contribution in [2.24, 2.45) is 0 Å². The molecule has 0 aliphatic rings. The average molecular weight is 178 g/mol. The summed E-state index contributed by atoms with van der Waals surface area (Å²) in [6.07, 6.45) is 1.68. The van der Waals surface area contributed by atoms with Gasteiger partial charge >= 0.3 is 5.97 Å². The van der Waals surface area contributed by atoms with Crippen molar-refractivity contribution in [3.8, 4) is 6.07 Å². The third kappa shape index (κ3) is 1.70. The topological polar surface area (TPSA) is 55.0 Å². The minimum Gasteiger partial charge on any atom is -0.467 e. The van der Waals surface area contributed by atoms with E-state index in [9.17, 15) is 4.79 Å². The molecular formula is C9H10N2O2. The van der Waals surface area contributed by atoms with Crippen LogP contribution in [-0.4, -0.2) is 17.6 Å². The number of hydrogen-bond acceptors (Lipinski definition) is 3. The molecule has 0 spiro atoms. The molecule has 0 aromatic carbocycles. The first-order chi connectivity index (χ1) is 6.20. The Morgan fingerprint density at radius 1 is 1.77 bits per heavy atom. The van der Waals surface area contributed by atoms with E-state index in [1.54, 1.807) is 29.8 Å². The van der Waals surface area contributed by atoms with Gasteiger partial charge in [-0.15, -0.1) is 0 Å². The second-order valence-electron chi connectivity index (χ2n) is 2.61. The fraction of sp³-hybridized carbons (Fsp3) is 0.333. The minimum absolute atomic E-state index is 0.354. The molecule has 0 aliphatic carbocycles. The van der Waals surface area contributed by atoms with E-state index in [1.165, 1.54) is 7.11 Å². The van der Waals surface area contributed by atoms with Crippen molar-refractivity contribution < 1.29 is 9.53 Å². The number of nitriles is 1. The van der Waals surface area contributed by atoms with Crippen LogP contribution in [0.3, 0.4) is 0 Å². The first kappa shape index (κ1) is 9.33. The Labute approximate surface area is 76.3 Å². The maximum absolute atomic E-state index is 11.1. The molecule has 0 saturated carbocycles. The molecule has 1 aromatic heterocycles.